The molecule has 0 aromatic heterocycles. The van der Waals surface area contributed by atoms with Crippen LogP contribution in [0.3, 0.4) is 0 Å². The van der Waals surface area contributed by atoms with E-state index in [9.17, 15) is 4.79 Å². The van der Waals surface area contributed by atoms with Crippen molar-refractivity contribution in [2.24, 2.45) is 0 Å². The number of amides is 1. The SMILES string of the molecule is CCN(CCOC)C(=O)c1cccc(B(O)O)c1. The largest absolute Gasteiger partial charge is 0.488 e. The average Bonchev–Trinajstić information content (AvgIpc) is 2.39. The van der Waals surface area contributed by atoms with Crippen molar-refractivity contribution in [2.75, 3.05) is 26.8 Å². The molecule has 0 bridgehead atoms. The van der Waals surface area contributed by atoms with Crippen LogP contribution in [0.25, 0.3) is 0 Å². The molecule has 2 N–H and O–H groups in total. The molecule has 1 aromatic rings. The summed E-state index contributed by atoms with van der Waals surface area (Å²) in [5, 5.41) is 18.2. The maximum Gasteiger partial charge on any atom is 0.488 e. The number of carbonyl (C=O) groups excluding carboxylic acids is 1. The number of methoxy groups -OCH3 is 1. The lowest BCUT2D eigenvalue weighted by Crippen LogP contribution is -2.35. The fraction of sp³-hybridized carbons (Fsp3) is 0.417. The number of benzene rings is 1. The predicted molar refractivity (Wildman–Crippen MR) is 69.7 cm³/mol. The van der Waals surface area contributed by atoms with Gasteiger partial charge in [-0.2, -0.15) is 0 Å². The molecule has 0 fully saturated rings. The average molecular weight is 251 g/mol. The van der Waals surface area contributed by atoms with Gasteiger partial charge >= 0.3 is 7.12 Å². The van der Waals surface area contributed by atoms with Crippen molar-refractivity contribution >= 4 is 18.5 Å². The highest BCUT2D eigenvalue weighted by Gasteiger charge is 2.17. The molecule has 0 aliphatic carbocycles. The number of rotatable bonds is 6. The fourth-order valence-electron chi connectivity index (χ4n) is 1.62. The molecule has 0 radical (unpaired) electrons. The lowest BCUT2D eigenvalue weighted by Gasteiger charge is -2.20. The summed E-state index contributed by atoms with van der Waals surface area (Å²) in [5.41, 5.74) is 0.752. The minimum absolute atomic E-state index is 0.142. The summed E-state index contributed by atoms with van der Waals surface area (Å²) >= 11 is 0. The van der Waals surface area contributed by atoms with Crippen LogP contribution in [-0.2, 0) is 4.74 Å². The van der Waals surface area contributed by atoms with Crippen LogP contribution in [0.2, 0.25) is 0 Å². The van der Waals surface area contributed by atoms with Gasteiger partial charge in [-0.1, -0.05) is 12.1 Å². The van der Waals surface area contributed by atoms with Gasteiger partial charge in [0, 0.05) is 25.8 Å². The molecular formula is C12H18BNO4. The van der Waals surface area contributed by atoms with Gasteiger partial charge in [-0.05, 0) is 24.5 Å². The molecule has 18 heavy (non-hydrogen) atoms. The first kappa shape index (κ1) is 14.7. The zero-order valence-corrected chi connectivity index (χ0v) is 10.7. The molecule has 6 heteroatoms. The molecule has 98 valence electrons. The van der Waals surface area contributed by atoms with Gasteiger partial charge in [0.15, 0.2) is 0 Å². The van der Waals surface area contributed by atoms with Crippen LogP contribution >= 0.6 is 0 Å². The summed E-state index contributed by atoms with van der Waals surface area (Å²) in [6.45, 7) is 3.45. The first-order valence-corrected chi connectivity index (χ1v) is 5.84. The van der Waals surface area contributed by atoms with E-state index >= 15 is 0 Å². The molecule has 0 aliphatic heterocycles. The van der Waals surface area contributed by atoms with E-state index < -0.39 is 7.12 Å². The molecule has 0 unspecified atom stereocenters. The zero-order valence-electron chi connectivity index (χ0n) is 10.7. The number of hydrogen-bond acceptors (Lipinski definition) is 4. The monoisotopic (exact) mass is 251 g/mol. The number of hydrogen-bond donors (Lipinski definition) is 2. The second-order valence-corrected chi connectivity index (χ2v) is 3.88. The Morgan fingerprint density at radius 2 is 2.17 bits per heavy atom. The molecule has 0 spiro atoms. The van der Waals surface area contributed by atoms with E-state index in [1.165, 1.54) is 6.07 Å². The third kappa shape index (κ3) is 3.84. The predicted octanol–water partition coefficient (Wildman–Crippen LogP) is -0.525. The normalized spacial score (nSPS) is 10.2. The molecule has 0 aliphatic rings. The van der Waals surface area contributed by atoms with Gasteiger partial charge < -0.3 is 19.7 Å². The van der Waals surface area contributed by atoms with E-state index in [4.69, 9.17) is 14.8 Å². The van der Waals surface area contributed by atoms with Gasteiger partial charge in [-0.3, -0.25) is 4.79 Å². The standard InChI is InChI=1S/C12H18BNO4/c1-3-14(7-8-18-2)12(15)10-5-4-6-11(9-10)13(16)17/h4-6,9,16-17H,3,7-8H2,1-2H3. The second-order valence-electron chi connectivity index (χ2n) is 3.88. The van der Waals surface area contributed by atoms with Crippen molar-refractivity contribution in [2.45, 2.75) is 6.92 Å². The second kappa shape index (κ2) is 7.15. The lowest BCUT2D eigenvalue weighted by atomic mass is 9.79. The number of nitrogens with zero attached hydrogens (tertiary/aromatic N) is 1. The van der Waals surface area contributed by atoms with E-state index in [2.05, 4.69) is 0 Å². The van der Waals surface area contributed by atoms with Crippen LogP contribution in [0.5, 0.6) is 0 Å². The Morgan fingerprint density at radius 1 is 1.44 bits per heavy atom. The molecule has 0 atom stereocenters. The Kier molecular flexibility index (Phi) is 5.84. The summed E-state index contributed by atoms with van der Waals surface area (Å²) in [6.07, 6.45) is 0. The zero-order chi connectivity index (χ0) is 13.5. The van der Waals surface area contributed by atoms with Crippen LogP contribution in [0, 0.1) is 0 Å². The third-order valence-corrected chi connectivity index (χ3v) is 2.67. The summed E-state index contributed by atoms with van der Waals surface area (Å²) in [5.74, 6) is -0.142. The van der Waals surface area contributed by atoms with E-state index in [1.54, 1.807) is 30.2 Å². The van der Waals surface area contributed by atoms with Gasteiger partial charge in [-0.15, -0.1) is 0 Å². The molecule has 1 rings (SSSR count). The van der Waals surface area contributed by atoms with Crippen LogP contribution < -0.4 is 5.46 Å². The third-order valence-electron chi connectivity index (χ3n) is 2.67. The van der Waals surface area contributed by atoms with Crippen LogP contribution in [-0.4, -0.2) is 54.8 Å². The number of ether oxygens (including phenoxy) is 1. The number of likely N-dealkylation sites (N-methyl/N-ethyl adjacent to an activating group) is 1. The molecule has 1 amide bonds. The maximum atomic E-state index is 12.2. The van der Waals surface area contributed by atoms with Gasteiger partial charge in [0.1, 0.15) is 0 Å². The van der Waals surface area contributed by atoms with Crippen molar-refractivity contribution in [1.29, 1.82) is 0 Å². The highest BCUT2D eigenvalue weighted by atomic mass is 16.5. The summed E-state index contributed by atoms with van der Waals surface area (Å²) in [7, 11) is 0.0212. The van der Waals surface area contributed by atoms with E-state index in [-0.39, 0.29) is 5.91 Å². The van der Waals surface area contributed by atoms with Crippen molar-refractivity contribution in [3.8, 4) is 0 Å². The van der Waals surface area contributed by atoms with Crippen LogP contribution in [0.4, 0.5) is 0 Å². The summed E-state index contributed by atoms with van der Waals surface area (Å²) in [4.78, 5) is 13.8. The Bertz CT molecular complexity index is 397. The number of carbonyl (C=O) groups is 1. The summed E-state index contributed by atoms with van der Waals surface area (Å²) in [6, 6.07) is 6.34. The van der Waals surface area contributed by atoms with E-state index in [1.807, 2.05) is 6.92 Å². The van der Waals surface area contributed by atoms with Gasteiger partial charge in [0.05, 0.1) is 6.61 Å². The van der Waals surface area contributed by atoms with E-state index in [0.717, 1.165) is 0 Å². The van der Waals surface area contributed by atoms with E-state index in [0.29, 0.717) is 30.7 Å². The first-order valence-electron chi connectivity index (χ1n) is 5.84. The summed E-state index contributed by atoms with van der Waals surface area (Å²) < 4.78 is 4.95. The maximum absolute atomic E-state index is 12.2. The fourth-order valence-corrected chi connectivity index (χ4v) is 1.62. The quantitative estimate of drug-likeness (QED) is 0.667. The van der Waals surface area contributed by atoms with Gasteiger partial charge in [0.2, 0.25) is 0 Å². The van der Waals surface area contributed by atoms with Gasteiger partial charge in [0.25, 0.3) is 5.91 Å². The van der Waals surface area contributed by atoms with Crippen molar-refractivity contribution in [3.05, 3.63) is 29.8 Å². The molecule has 1 aromatic carbocycles. The van der Waals surface area contributed by atoms with Crippen molar-refractivity contribution in [1.82, 2.24) is 4.90 Å². The van der Waals surface area contributed by atoms with Gasteiger partial charge in [-0.25, -0.2) is 0 Å². The Morgan fingerprint density at radius 3 is 2.72 bits per heavy atom. The Hall–Kier alpha value is -1.37. The topological polar surface area (TPSA) is 70.0 Å². The minimum Gasteiger partial charge on any atom is -0.423 e. The molecule has 0 heterocycles. The Balaban J connectivity index is 2.84. The van der Waals surface area contributed by atoms with Crippen LogP contribution in [0.15, 0.2) is 24.3 Å². The smallest absolute Gasteiger partial charge is 0.423 e. The molecule has 5 nitrogen and oxygen atoms in total. The van der Waals surface area contributed by atoms with Crippen molar-refractivity contribution < 1.29 is 19.6 Å². The minimum atomic E-state index is -1.56. The van der Waals surface area contributed by atoms with Crippen LogP contribution in [0.1, 0.15) is 17.3 Å². The first-order chi connectivity index (χ1) is 8.60. The molecule has 0 saturated carbocycles. The highest BCUT2D eigenvalue weighted by Crippen LogP contribution is 2.03. The Labute approximate surface area is 107 Å². The van der Waals surface area contributed by atoms with Crippen molar-refractivity contribution in [3.63, 3.8) is 0 Å². The molecular weight excluding hydrogens is 233 g/mol. The molecule has 0 saturated heterocycles. The lowest BCUT2D eigenvalue weighted by molar-refractivity contribution is 0.0706. The highest BCUT2D eigenvalue weighted by molar-refractivity contribution is 6.58.